The number of amides is 1. The number of anilines is 1. The average molecular weight is 327 g/mol. The summed E-state index contributed by atoms with van der Waals surface area (Å²) < 4.78 is 15.7. The van der Waals surface area contributed by atoms with Gasteiger partial charge in [-0.15, -0.1) is 0 Å². The maximum absolute atomic E-state index is 12.1. The Morgan fingerprint density at radius 2 is 1.62 bits per heavy atom. The van der Waals surface area contributed by atoms with Crippen molar-refractivity contribution in [1.82, 2.24) is 0 Å². The Labute approximate surface area is 141 Å². The van der Waals surface area contributed by atoms with Gasteiger partial charge >= 0.3 is 0 Å². The molecule has 1 N–H and O–H groups in total. The van der Waals surface area contributed by atoms with E-state index in [4.69, 9.17) is 14.2 Å². The molecule has 0 unspecified atom stereocenters. The zero-order valence-electron chi connectivity index (χ0n) is 14.3. The lowest BCUT2D eigenvalue weighted by Gasteiger charge is -2.09. The minimum atomic E-state index is -0.244. The Kier molecular flexibility index (Phi) is 5.84. The molecular weight excluding hydrogens is 306 g/mol. The van der Waals surface area contributed by atoms with Crippen molar-refractivity contribution >= 4 is 17.7 Å². The smallest absolute Gasteiger partial charge is 0.248 e. The minimum Gasteiger partial charge on any atom is -0.495 e. The van der Waals surface area contributed by atoms with Gasteiger partial charge in [0, 0.05) is 6.08 Å². The van der Waals surface area contributed by atoms with Gasteiger partial charge in [0.1, 0.15) is 5.75 Å². The minimum absolute atomic E-state index is 0.244. The first-order valence-electron chi connectivity index (χ1n) is 7.43. The molecule has 0 aliphatic rings. The van der Waals surface area contributed by atoms with Crippen molar-refractivity contribution in [2.45, 2.75) is 6.92 Å². The summed E-state index contributed by atoms with van der Waals surface area (Å²) in [5.74, 6) is 1.64. The summed E-state index contributed by atoms with van der Waals surface area (Å²) in [4.78, 5) is 12.1. The summed E-state index contributed by atoms with van der Waals surface area (Å²) in [5, 5.41) is 2.80. The third kappa shape index (κ3) is 4.29. The van der Waals surface area contributed by atoms with Gasteiger partial charge in [-0.3, -0.25) is 4.79 Å². The van der Waals surface area contributed by atoms with Crippen molar-refractivity contribution < 1.29 is 19.0 Å². The van der Waals surface area contributed by atoms with Crippen molar-refractivity contribution in [3.8, 4) is 17.2 Å². The Hall–Kier alpha value is -2.95. The van der Waals surface area contributed by atoms with Crippen molar-refractivity contribution in [2.24, 2.45) is 0 Å². The first-order chi connectivity index (χ1) is 11.6. The molecule has 0 radical (unpaired) electrons. The van der Waals surface area contributed by atoms with E-state index in [1.54, 1.807) is 39.5 Å². The molecule has 0 aliphatic carbocycles. The highest BCUT2D eigenvalue weighted by Gasteiger charge is 2.06. The molecule has 0 heterocycles. The van der Waals surface area contributed by atoms with E-state index >= 15 is 0 Å². The number of carbonyl (C=O) groups is 1. The number of aryl methyl sites for hydroxylation is 1. The zero-order valence-corrected chi connectivity index (χ0v) is 14.3. The first-order valence-corrected chi connectivity index (χ1v) is 7.43. The number of carbonyl (C=O) groups excluding carboxylic acids is 1. The lowest BCUT2D eigenvalue weighted by atomic mass is 10.2. The fourth-order valence-electron chi connectivity index (χ4n) is 2.20. The summed E-state index contributed by atoms with van der Waals surface area (Å²) in [6.07, 6.45) is 3.17. The summed E-state index contributed by atoms with van der Waals surface area (Å²) in [6, 6.07) is 11.0. The standard InChI is InChI=1S/C19H21NO4/c1-13-5-8-15(17(11-13)23-3)20-19(21)10-7-14-6-9-16(22-2)18(12-14)24-4/h5-12H,1-4H3,(H,20,21)/b10-7+. The van der Waals surface area contributed by atoms with Gasteiger partial charge in [0.15, 0.2) is 11.5 Å². The first kappa shape index (κ1) is 17.4. The number of methoxy groups -OCH3 is 3. The molecule has 0 saturated carbocycles. The van der Waals surface area contributed by atoms with Crippen LogP contribution >= 0.6 is 0 Å². The molecule has 0 spiro atoms. The number of rotatable bonds is 6. The topological polar surface area (TPSA) is 56.8 Å². The van der Waals surface area contributed by atoms with E-state index < -0.39 is 0 Å². The van der Waals surface area contributed by atoms with Gasteiger partial charge in [0.05, 0.1) is 27.0 Å². The van der Waals surface area contributed by atoms with Gasteiger partial charge in [-0.05, 0) is 48.4 Å². The van der Waals surface area contributed by atoms with Crippen LogP contribution in [-0.4, -0.2) is 27.2 Å². The lowest BCUT2D eigenvalue weighted by molar-refractivity contribution is -0.111. The summed E-state index contributed by atoms with van der Waals surface area (Å²) >= 11 is 0. The van der Waals surface area contributed by atoms with Crippen LogP contribution in [0.5, 0.6) is 17.2 Å². The van der Waals surface area contributed by atoms with Crippen LogP contribution in [0.4, 0.5) is 5.69 Å². The second-order valence-electron chi connectivity index (χ2n) is 5.14. The molecule has 0 aliphatic heterocycles. The molecule has 2 rings (SSSR count). The molecule has 24 heavy (non-hydrogen) atoms. The van der Waals surface area contributed by atoms with Gasteiger partial charge < -0.3 is 19.5 Å². The van der Waals surface area contributed by atoms with E-state index in [2.05, 4.69) is 5.32 Å². The third-order valence-electron chi connectivity index (χ3n) is 3.45. The van der Waals surface area contributed by atoms with E-state index in [0.717, 1.165) is 11.1 Å². The molecule has 1 amide bonds. The van der Waals surface area contributed by atoms with Crippen LogP contribution in [0, 0.1) is 6.92 Å². The monoisotopic (exact) mass is 327 g/mol. The number of ether oxygens (including phenoxy) is 3. The van der Waals surface area contributed by atoms with Crippen molar-refractivity contribution in [3.63, 3.8) is 0 Å². The number of benzene rings is 2. The van der Waals surface area contributed by atoms with E-state index in [1.807, 2.05) is 31.2 Å². The van der Waals surface area contributed by atoms with Crippen molar-refractivity contribution in [1.29, 1.82) is 0 Å². The fraction of sp³-hybridized carbons (Fsp3) is 0.211. The predicted octanol–water partition coefficient (Wildman–Crippen LogP) is 3.67. The fourth-order valence-corrected chi connectivity index (χ4v) is 2.20. The van der Waals surface area contributed by atoms with Gasteiger partial charge in [-0.25, -0.2) is 0 Å². The average Bonchev–Trinajstić information content (AvgIpc) is 2.61. The molecule has 126 valence electrons. The highest BCUT2D eigenvalue weighted by Crippen LogP contribution is 2.28. The van der Waals surface area contributed by atoms with Crippen LogP contribution in [0.15, 0.2) is 42.5 Å². The van der Waals surface area contributed by atoms with E-state index in [9.17, 15) is 4.79 Å². The van der Waals surface area contributed by atoms with E-state index in [1.165, 1.54) is 6.08 Å². The van der Waals surface area contributed by atoms with Gasteiger partial charge in [0.2, 0.25) is 5.91 Å². The summed E-state index contributed by atoms with van der Waals surface area (Å²) in [6.45, 7) is 1.96. The molecule has 5 nitrogen and oxygen atoms in total. The number of nitrogens with one attached hydrogen (secondary N) is 1. The maximum atomic E-state index is 12.1. The third-order valence-corrected chi connectivity index (χ3v) is 3.45. The molecule has 0 bridgehead atoms. The molecule has 2 aromatic carbocycles. The van der Waals surface area contributed by atoms with Crippen LogP contribution in [0.2, 0.25) is 0 Å². The molecule has 2 aromatic rings. The molecular formula is C19H21NO4. The normalized spacial score (nSPS) is 10.5. The quantitative estimate of drug-likeness (QED) is 0.823. The van der Waals surface area contributed by atoms with E-state index in [0.29, 0.717) is 22.9 Å². The Morgan fingerprint density at radius 1 is 0.917 bits per heavy atom. The largest absolute Gasteiger partial charge is 0.495 e. The molecule has 0 saturated heterocycles. The lowest BCUT2D eigenvalue weighted by Crippen LogP contribution is -2.09. The van der Waals surface area contributed by atoms with Crippen molar-refractivity contribution in [2.75, 3.05) is 26.6 Å². The highest BCUT2D eigenvalue weighted by molar-refractivity contribution is 6.02. The van der Waals surface area contributed by atoms with Crippen LogP contribution in [0.25, 0.3) is 6.08 Å². The second-order valence-corrected chi connectivity index (χ2v) is 5.14. The summed E-state index contributed by atoms with van der Waals surface area (Å²) in [5.41, 5.74) is 2.52. The Morgan fingerprint density at radius 3 is 2.29 bits per heavy atom. The molecule has 0 aromatic heterocycles. The SMILES string of the molecule is COc1cc(C)ccc1NC(=O)/C=C/c1ccc(OC)c(OC)c1. The zero-order chi connectivity index (χ0) is 17.5. The molecule has 0 fully saturated rings. The Bertz CT molecular complexity index is 753. The second kappa shape index (κ2) is 8.06. The Balaban J connectivity index is 2.11. The van der Waals surface area contributed by atoms with Crippen LogP contribution in [0.3, 0.4) is 0 Å². The maximum Gasteiger partial charge on any atom is 0.248 e. The predicted molar refractivity (Wildman–Crippen MR) is 94.9 cm³/mol. The van der Waals surface area contributed by atoms with Crippen LogP contribution in [0.1, 0.15) is 11.1 Å². The number of hydrogen-bond acceptors (Lipinski definition) is 4. The number of hydrogen-bond donors (Lipinski definition) is 1. The van der Waals surface area contributed by atoms with Gasteiger partial charge in [-0.1, -0.05) is 12.1 Å². The molecule has 5 heteroatoms. The summed E-state index contributed by atoms with van der Waals surface area (Å²) in [7, 11) is 4.72. The van der Waals surface area contributed by atoms with Crippen molar-refractivity contribution in [3.05, 3.63) is 53.6 Å². The highest BCUT2D eigenvalue weighted by atomic mass is 16.5. The van der Waals surface area contributed by atoms with E-state index in [-0.39, 0.29) is 5.91 Å². The molecule has 0 atom stereocenters. The van der Waals surface area contributed by atoms with Crippen LogP contribution in [-0.2, 0) is 4.79 Å². The van der Waals surface area contributed by atoms with Gasteiger partial charge in [0.25, 0.3) is 0 Å². The van der Waals surface area contributed by atoms with Crippen LogP contribution < -0.4 is 19.5 Å². The van der Waals surface area contributed by atoms with Gasteiger partial charge in [-0.2, -0.15) is 0 Å².